The van der Waals surface area contributed by atoms with E-state index in [0.717, 1.165) is 17.0 Å². The number of hydrogen-bond acceptors (Lipinski definition) is 2. The van der Waals surface area contributed by atoms with Crippen LogP contribution in [0.2, 0.25) is 0 Å². The van der Waals surface area contributed by atoms with E-state index in [1.165, 1.54) is 35.1 Å². The molecule has 2 aromatic carbocycles. The van der Waals surface area contributed by atoms with Crippen molar-refractivity contribution >= 4 is 5.97 Å². The number of benzene rings is 2. The molecule has 154 valence electrons. The lowest BCUT2D eigenvalue weighted by Crippen LogP contribution is -2.34. The van der Waals surface area contributed by atoms with Crippen LogP contribution in [0.15, 0.2) is 54.6 Å². The van der Waals surface area contributed by atoms with E-state index in [1.54, 1.807) is 12.1 Å². The Hall–Kier alpha value is -2.94. The van der Waals surface area contributed by atoms with Crippen molar-refractivity contribution in [3.8, 4) is 22.5 Å². The Labute approximate surface area is 178 Å². The summed E-state index contributed by atoms with van der Waals surface area (Å²) in [7, 11) is 0. The Morgan fingerprint density at radius 2 is 1.43 bits per heavy atom. The summed E-state index contributed by atoms with van der Waals surface area (Å²) in [6, 6.07) is 17.7. The highest BCUT2D eigenvalue weighted by atomic mass is 16.4. The van der Waals surface area contributed by atoms with Crippen LogP contribution < -0.4 is 0 Å². The molecule has 3 aromatic rings. The lowest BCUT2D eigenvalue weighted by molar-refractivity contribution is 0.0697. The first-order valence-electron chi connectivity index (χ1n) is 10.6. The molecule has 0 aliphatic heterocycles. The third-order valence-electron chi connectivity index (χ3n) is 6.65. The highest BCUT2D eigenvalue weighted by Gasteiger charge is 2.37. The number of carboxylic acids is 1. The van der Waals surface area contributed by atoms with Crippen molar-refractivity contribution in [2.45, 2.75) is 58.3 Å². The molecule has 0 fully saturated rings. The van der Waals surface area contributed by atoms with Crippen molar-refractivity contribution in [3.05, 3.63) is 76.9 Å². The molecule has 0 atom stereocenters. The van der Waals surface area contributed by atoms with Crippen LogP contribution in [-0.4, -0.2) is 16.1 Å². The van der Waals surface area contributed by atoms with Crippen LogP contribution in [-0.2, 0) is 10.8 Å². The minimum absolute atomic E-state index is 0.150. The van der Waals surface area contributed by atoms with E-state index >= 15 is 0 Å². The molecule has 1 N–H and O–H groups in total. The molecule has 3 heteroatoms. The summed E-state index contributed by atoms with van der Waals surface area (Å²) in [6.45, 7) is 11.5. The second-order valence-electron chi connectivity index (χ2n) is 9.77. The Morgan fingerprint density at radius 3 is 2.03 bits per heavy atom. The van der Waals surface area contributed by atoms with Crippen molar-refractivity contribution in [1.29, 1.82) is 0 Å². The van der Waals surface area contributed by atoms with E-state index in [1.807, 2.05) is 24.3 Å². The van der Waals surface area contributed by atoms with E-state index < -0.39 is 5.97 Å². The summed E-state index contributed by atoms with van der Waals surface area (Å²) in [6.07, 6.45) is 2.38. The van der Waals surface area contributed by atoms with Crippen LogP contribution in [0.5, 0.6) is 0 Å². The number of rotatable bonds is 3. The lowest BCUT2D eigenvalue weighted by atomic mass is 9.62. The van der Waals surface area contributed by atoms with Crippen LogP contribution in [0.4, 0.5) is 0 Å². The molecule has 0 amide bonds. The molecule has 0 unspecified atom stereocenters. The van der Waals surface area contributed by atoms with Gasteiger partial charge in [-0.15, -0.1) is 0 Å². The number of pyridine rings is 1. The summed E-state index contributed by atoms with van der Waals surface area (Å²) in [5.41, 5.74) is 8.64. The van der Waals surface area contributed by atoms with Crippen LogP contribution >= 0.6 is 0 Å². The summed E-state index contributed by atoms with van der Waals surface area (Å²) in [4.78, 5) is 16.1. The number of nitrogens with zero attached hydrogens (tertiary/aromatic N) is 1. The molecule has 0 spiro atoms. The summed E-state index contributed by atoms with van der Waals surface area (Å²) in [5.74, 6) is -0.918. The molecule has 1 aliphatic carbocycles. The van der Waals surface area contributed by atoms with Crippen LogP contribution in [0.3, 0.4) is 0 Å². The molecular formula is C27H29NO2. The summed E-state index contributed by atoms with van der Waals surface area (Å²) < 4.78 is 0. The molecule has 0 bridgehead atoms. The normalized spacial score (nSPS) is 16.7. The second kappa shape index (κ2) is 7.09. The van der Waals surface area contributed by atoms with Crippen LogP contribution in [0.25, 0.3) is 22.5 Å². The zero-order chi connectivity index (χ0) is 21.7. The van der Waals surface area contributed by atoms with Crippen molar-refractivity contribution in [2.75, 3.05) is 0 Å². The predicted octanol–water partition coefficient (Wildman–Crippen LogP) is 6.77. The zero-order valence-electron chi connectivity index (χ0n) is 18.4. The van der Waals surface area contributed by atoms with Gasteiger partial charge in [0.15, 0.2) is 0 Å². The van der Waals surface area contributed by atoms with Gasteiger partial charge in [-0.3, -0.25) is 0 Å². The van der Waals surface area contributed by atoms with Crippen LogP contribution in [0, 0.1) is 6.92 Å². The average molecular weight is 400 g/mol. The molecule has 0 radical (unpaired) electrons. The Balaban J connectivity index is 1.80. The second-order valence-corrected chi connectivity index (χ2v) is 9.77. The molecular weight excluding hydrogens is 370 g/mol. The Bertz CT molecular complexity index is 1120. The van der Waals surface area contributed by atoms with Crippen molar-refractivity contribution in [3.63, 3.8) is 0 Å². The molecule has 0 saturated carbocycles. The first-order chi connectivity index (χ1) is 14.1. The van der Waals surface area contributed by atoms with Gasteiger partial charge in [-0.25, -0.2) is 9.78 Å². The van der Waals surface area contributed by atoms with Gasteiger partial charge in [0.2, 0.25) is 0 Å². The van der Waals surface area contributed by atoms with E-state index in [4.69, 9.17) is 10.1 Å². The van der Waals surface area contributed by atoms with E-state index in [2.05, 4.69) is 52.8 Å². The van der Waals surface area contributed by atoms with Crippen molar-refractivity contribution in [1.82, 2.24) is 4.98 Å². The van der Waals surface area contributed by atoms with E-state index in [9.17, 15) is 4.79 Å². The minimum Gasteiger partial charge on any atom is -0.478 e. The van der Waals surface area contributed by atoms with Gasteiger partial charge in [0.1, 0.15) is 0 Å². The van der Waals surface area contributed by atoms with E-state index in [0.29, 0.717) is 0 Å². The van der Waals surface area contributed by atoms with Gasteiger partial charge in [-0.05, 0) is 77.6 Å². The van der Waals surface area contributed by atoms with Crippen LogP contribution in [0.1, 0.15) is 67.6 Å². The van der Waals surface area contributed by atoms with E-state index in [-0.39, 0.29) is 16.4 Å². The third kappa shape index (κ3) is 3.54. The number of carbonyl (C=O) groups is 1. The first-order valence-corrected chi connectivity index (χ1v) is 10.6. The average Bonchev–Trinajstić information content (AvgIpc) is 2.71. The smallest absolute Gasteiger partial charge is 0.335 e. The predicted molar refractivity (Wildman–Crippen MR) is 122 cm³/mol. The summed E-state index contributed by atoms with van der Waals surface area (Å²) in [5, 5.41) is 9.13. The van der Waals surface area contributed by atoms with Gasteiger partial charge in [0, 0.05) is 11.1 Å². The summed E-state index contributed by atoms with van der Waals surface area (Å²) >= 11 is 0. The minimum atomic E-state index is -0.918. The zero-order valence-corrected chi connectivity index (χ0v) is 18.4. The SMILES string of the molecule is Cc1cc2c(cc1-c1cccc(-c3ccc(C(=O)O)cc3)n1)C(C)(C)CCC2(C)C. The molecule has 1 aliphatic rings. The van der Waals surface area contributed by atoms with Gasteiger partial charge in [0.05, 0.1) is 17.0 Å². The number of carboxylic acid groups (broad SMARTS) is 1. The monoisotopic (exact) mass is 399 g/mol. The first kappa shape index (κ1) is 20.3. The fourth-order valence-electron chi connectivity index (χ4n) is 4.53. The quantitative estimate of drug-likeness (QED) is 0.528. The standard InChI is InChI=1S/C27H29NO2/c1-17-15-21-22(27(4,5)14-13-26(21,2)3)16-20(17)24-8-6-7-23(28-24)18-9-11-19(12-10-18)25(29)30/h6-12,15-16H,13-14H2,1-5H3,(H,29,30). The largest absolute Gasteiger partial charge is 0.478 e. The number of aromatic carboxylic acids is 1. The fraction of sp³-hybridized carbons (Fsp3) is 0.333. The lowest BCUT2D eigenvalue weighted by Gasteiger charge is -2.42. The van der Waals surface area contributed by atoms with Crippen molar-refractivity contribution in [2.24, 2.45) is 0 Å². The molecule has 1 heterocycles. The number of fused-ring (bicyclic) bond motifs is 1. The third-order valence-corrected chi connectivity index (χ3v) is 6.65. The maximum atomic E-state index is 11.1. The van der Waals surface area contributed by atoms with Gasteiger partial charge in [0.25, 0.3) is 0 Å². The number of aryl methyl sites for hydroxylation is 1. The maximum absolute atomic E-state index is 11.1. The molecule has 0 saturated heterocycles. The number of aromatic nitrogens is 1. The van der Waals surface area contributed by atoms with Crippen molar-refractivity contribution < 1.29 is 9.90 Å². The van der Waals surface area contributed by atoms with Gasteiger partial charge in [-0.1, -0.05) is 52.0 Å². The topological polar surface area (TPSA) is 50.2 Å². The van der Waals surface area contributed by atoms with Gasteiger partial charge in [-0.2, -0.15) is 0 Å². The highest BCUT2D eigenvalue weighted by Crippen LogP contribution is 2.47. The Morgan fingerprint density at radius 1 is 0.867 bits per heavy atom. The molecule has 3 nitrogen and oxygen atoms in total. The van der Waals surface area contributed by atoms with Gasteiger partial charge >= 0.3 is 5.97 Å². The molecule has 4 rings (SSSR count). The highest BCUT2D eigenvalue weighted by molar-refractivity contribution is 5.88. The Kier molecular flexibility index (Phi) is 4.80. The van der Waals surface area contributed by atoms with Gasteiger partial charge < -0.3 is 5.11 Å². The maximum Gasteiger partial charge on any atom is 0.335 e. The molecule has 1 aromatic heterocycles. The number of hydrogen-bond donors (Lipinski definition) is 1. The fourth-order valence-corrected chi connectivity index (χ4v) is 4.53. The molecule has 30 heavy (non-hydrogen) atoms.